The lowest BCUT2D eigenvalue weighted by molar-refractivity contribution is -0.228. The lowest BCUT2D eigenvalue weighted by atomic mass is 9.34. The molecule has 3 aliphatic carbocycles. The topological polar surface area (TPSA) is 46.6 Å². The van der Waals surface area contributed by atoms with Crippen molar-refractivity contribution in [2.24, 2.45) is 10.8 Å². The van der Waals surface area contributed by atoms with Gasteiger partial charge in [0.05, 0.1) is 17.4 Å². The highest BCUT2D eigenvalue weighted by molar-refractivity contribution is 5.93. The van der Waals surface area contributed by atoms with Crippen molar-refractivity contribution in [1.82, 2.24) is 4.90 Å². The summed E-state index contributed by atoms with van der Waals surface area (Å²) in [7, 11) is 3.53. The van der Waals surface area contributed by atoms with Crippen LogP contribution in [0.1, 0.15) is 26.2 Å². The molecule has 0 aliphatic heterocycles. The molecule has 3 aliphatic rings. The number of ether oxygens (including phenoxy) is 1. The Bertz CT molecular complexity index is 302. The van der Waals surface area contributed by atoms with E-state index >= 15 is 0 Å². The molecule has 0 N–H and O–H groups in total. The molecule has 0 spiro atoms. The quantitative estimate of drug-likeness (QED) is 0.649. The third kappa shape index (κ3) is 1.20. The van der Waals surface area contributed by atoms with Crippen molar-refractivity contribution in [3.63, 3.8) is 0 Å². The Morgan fingerprint density at radius 3 is 2.13 bits per heavy atom. The van der Waals surface area contributed by atoms with Gasteiger partial charge in [-0.05, 0) is 26.2 Å². The van der Waals surface area contributed by atoms with Gasteiger partial charge in [0.1, 0.15) is 0 Å². The van der Waals surface area contributed by atoms with E-state index in [4.69, 9.17) is 4.74 Å². The number of carbonyl (C=O) groups is 2. The van der Waals surface area contributed by atoms with Crippen LogP contribution in [0, 0.1) is 10.8 Å². The average molecular weight is 211 g/mol. The van der Waals surface area contributed by atoms with Crippen molar-refractivity contribution in [2.75, 3.05) is 20.7 Å². The maximum Gasteiger partial charge on any atom is 0.312 e. The lowest BCUT2D eigenvalue weighted by Gasteiger charge is -2.67. The van der Waals surface area contributed by atoms with Crippen molar-refractivity contribution < 1.29 is 14.3 Å². The number of carbonyl (C=O) groups excluding carboxylic acids is 2. The summed E-state index contributed by atoms with van der Waals surface area (Å²) in [6.07, 6.45) is 2.07. The number of hydrogen-bond donors (Lipinski definition) is 0. The second-order valence-electron chi connectivity index (χ2n) is 5.01. The van der Waals surface area contributed by atoms with Crippen LogP contribution in [0.25, 0.3) is 0 Å². The van der Waals surface area contributed by atoms with E-state index in [0.29, 0.717) is 25.9 Å². The number of nitrogens with zero attached hydrogens (tertiary/aromatic N) is 1. The first-order valence-electron chi connectivity index (χ1n) is 5.35. The van der Waals surface area contributed by atoms with Crippen molar-refractivity contribution in [3.05, 3.63) is 0 Å². The number of esters is 1. The van der Waals surface area contributed by atoms with Crippen LogP contribution in [0.4, 0.5) is 0 Å². The molecule has 3 fully saturated rings. The van der Waals surface area contributed by atoms with Crippen LogP contribution in [0.2, 0.25) is 0 Å². The fraction of sp³-hybridized carbons (Fsp3) is 0.818. The van der Waals surface area contributed by atoms with Gasteiger partial charge in [-0.3, -0.25) is 9.59 Å². The Kier molecular flexibility index (Phi) is 2.07. The van der Waals surface area contributed by atoms with Gasteiger partial charge in [0, 0.05) is 14.1 Å². The first kappa shape index (κ1) is 10.5. The molecule has 4 heteroatoms. The smallest absolute Gasteiger partial charge is 0.312 e. The van der Waals surface area contributed by atoms with E-state index in [9.17, 15) is 9.59 Å². The summed E-state index contributed by atoms with van der Waals surface area (Å²) >= 11 is 0. The third-order valence-electron chi connectivity index (χ3n) is 3.60. The van der Waals surface area contributed by atoms with E-state index in [1.165, 1.54) is 0 Å². The average Bonchev–Trinajstić information content (AvgIpc) is 1.99. The molecule has 3 saturated carbocycles. The summed E-state index contributed by atoms with van der Waals surface area (Å²) in [4.78, 5) is 25.0. The molecule has 4 nitrogen and oxygen atoms in total. The van der Waals surface area contributed by atoms with E-state index < -0.39 is 0 Å². The van der Waals surface area contributed by atoms with Gasteiger partial charge in [0.25, 0.3) is 0 Å². The maximum atomic E-state index is 11.8. The predicted molar refractivity (Wildman–Crippen MR) is 54.0 cm³/mol. The van der Waals surface area contributed by atoms with Crippen molar-refractivity contribution in [1.29, 1.82) is 0 Å². The Balaban J connectivity index is 1.95. The minimum Gasteiger partial charge on any atom is -0.466 e. The third-order valence-corrected chi connectivity index (χ3v) is 3.60. The number of amides is 1. The minimum atomic E-state index is -0.304. The van der Waals surface area contributed by atoms with Crippen LogP contribution in [0.3, 0.4) is 0 Å². The summed E-state index contributed by atoms with van der Waals surface area (Å²) < 4.78 is 5.01. The van der Waals surface area contributed by atoms with Crippen molar-refractivity contribution in [2.45, 2.75) is 26.2 Å². The van der Waals surface area contributed by atoms with Gasteiger partial charge in [-0.25, -0.2) is 0 Å². The predicted octanol–water partition coefficient (Wildman–Crippen LogP) is 0.808. The van der Waals surface area contributed by atoms with Crippen LogP contribution in [-0.4, -0.2) is 37.5 Å². The Labute approximate surface area is 89.6 Å². The zero-order chi connectivity index (χ0) is 11.3. The molecule has 0 radical (unpaired) electrons. The van der Waals surface area contributed by atoms with Gasteiger partial charge in [0.2, 0.25) is 5.91 Å². The van der Waals surface area contributed by atoms with E-state index in [0.717, 1.165) is 0 Å². The minimum absolute atomic E-state index is 0.113. The highest BCUT2D eigenvalue weighted by atomic mass is 16.5. The number of rotatable bonds is 3. The van der Waals surface area contributed by atoms with E-state index in [1.54, 1.807) is 19.0 Å². The van der Waals surface area contributed by atoms with Gasteiger partial charge in [-0.1, -0.05) is 0 Å². The van der Waals surface area contributed by atoms with Crippen LogP contribution in [-0.2, 0) is 14.3 Å². The summed E-state index contributed by atoms with van der Waals surface area (Å²) in [5, 5.41) is 0. The molecule has 0 aromatic heterocycles. The molecule has 3 rings (SSSR count). The van der Waals surface area contributed by atoms with Crippen LogP contribution in [0.15, 0.2) is 0 Å². The van der Waals surface area contributed by atoms with Gasteiger partial charge < -0.3 is 9.64 Å². The molecule has 1 amide bonds. The Hall–Kier alpha value is -1.06. The van der Waals surface area contributed by atoms with Gasteiger partial charge in [-0.15, -0.1) is 0 Å². The van der Waals surface area contributed by atoms with Crippen molar-refractivity contribution >= 4 is 11.9 Å². The largest absolute Gasteiger partial charge is 0.466 e. The zero-order valence-corrected chi connectivity index (χ0v) is 9.50. The molecule has 0 saturated heterocycles. The molecule has 84 valence electrons. The van der Waals surface area contributed by atoms with Crippen molar-refractivity contribution in [3.8, 4) is 0 Å². The molecular weight excluding hydrogens is 194 g/mol. The molecule has 0 heterocycles. The molecule has 2 bridgehead atoms. The molecule has 0 aromatic carbocycles. The van der Waals surface area contributed by atoms with E-state index in [1.807, 2.05) is 6.92 Å². The van der Waals surface area contributed by atoms with Gasteiger partial charge in [-0.2, -0.15) is 0 Å². The Morgan fingerprint density at radius 2 is 1.73 bits per heavy atom. The van der Waals surface area contributed by atoms with Gasteiger partial charge in [0.15, 0.2) is 0 Å². The summed E-state index contributed by atoms with van der Waals surface area (Å²) in [6.45, 7) is 2.24. The van der Waals surface area contributed by atoms with Crippen LogP contribution >= 0.6 is 0 Å². The molecular formula is C11H17NO3. The summed E-state index contributed by atoms with van der Waals surface area (Å²) in [6, 6.07) is 0. The first-order chi connectivity index (χ1) is 6.96. The lowest BCUT2D eigenvalue weighted by Crippen LogP contribution is -2.70. The SMILES string of the molecule is CCOC(=O)C12CC(C(=O)N(C)C)(C1)C2. The summed E-state index contributed by atoms with van der Waals surface area (Å²) in [5.41, 5.74) is -0.530. The molecule has 0 atom stereocenters. The second kappa shape index (κ2) is 2.97. The monoisotopic (exact) mass is 211 g/mol. The highest BCUT2D eigenvalue weighted by Crippen LogP contribution is 2.74. The number of hydrogen-bond acceptors (Lipinski definition) is 3. The maximum absolute atomic E-state index is 11.8. The van der Waals surface area contributed by atoms with E-state index in [-0.39, 0.29) is 22.7 Å². The first-order valence-corrected chi connectivity index (χ1v) is 5.35. The van der Waals surface area contributed by atoms with E-state index in [2.05, 4.69) is 0 Å². The molecule has 15 heavy (non-hydrogen) atoms. The zero-order valence-electron chi connectivity index (χ0n) is 9.50. The summed E-state index contributed by atoms with van der Waals surface area (Å²) in [5.74, 6) is 0.0482. The standard InChI is InChI=1S/C11H17NO3/c1-4-15-9(14)11-5-10(6-11,7-11)8(13)12(2)3/h4-7H2,1-3H3. The Morgan fingerprint density at radius 1 is 1.20 bits per heavy atom. The molecule has 0 unspecified atom stereocenters. The molecule has 0 aromatic rings. The highest BCUT2D eigenvalue weighted by Gasteiger charge is 2.75. The van der Waals surface area contributed by atoms with Crippen LogP contribution < -0.4 is 0 Å². The van der Waals surface area contributed by atoms with Crippen LogP contribution in [0.5, 0.6) is 0 Å². The van der Waals surface area contributed by atoms with Gasteiger partial charge >= 0.3 is 5.97 Å². The fourth-order valence-corrected chi connectivity index (χ4v) is 2.99. The second-order valence-corrected chi connectivity index (χ2v) is 5.01. The fourth-order valence-electron chi connectivity index (χ4n) is 2.99. The normalized spacial score (nSPS) is 36.2.